The molecule has 4 heteroatoms. The van der Waals surface area contributed by atoms with Crippen molar-refractivity contribution in [3.63, 3.8) is 0 Å². The van der Waals surface area contributed by atoms with Crippen molar-refractivity contribution >= 4 is 5.97 Å². The van der Waals surface area contributed by atoms with Crippen molar-refractivity contribution in [1.82, 2.24) is 5.32 Å². The van der Waals surface area contributed by atoms with E-state index in [0.717, 1.165) is 19.4 Å². The molecular formula is C14H17NO3. The van der Waals surface area contributed by atoms with Gasteiger partial charge in [0.15, 0.2) is 0 Å². The Morgan fingerprint density at radius 2 is 1.94 bits per heavy atom. The topological polar surface area (TPSA) is 58.6 Å². The maximum absolute atomic E-state index is 10.7. The van der Waals surface area contributed by atoms with Gasteiger partial charge in [0.1, 0.15) is 12.4 Å². The lowest BCUT2D eigenvalue weighted by molar-refractivity contribution is 0.0697. The second kappa shape index (κ2) is 6.21. The van der Waals surface area contributed by atoms with Crippen LogP contribution in [0, 0.1) is 0 Å². The van der Waals surface area contributed by atoms with E-state index >= 15 is 0 Å². The highest BCUT2D eigenvalue weighted by atomic mass is 16.5. The number of nitrogens with one attached hydrogen (secondary N) is 1. The number of ether oxygens (including phenoxy) is 1. The highest BCUT2D eigenvalue weighted by Gasteiger charge is 2.08. The van der Waals surface area contributed by atoms with Crippen LogP contribution in [0.1, 0.15) is 23.2 Å². The summed E-state index contributed by atoms with van der Waals surface area (Å²) in [7, 11) is 0. The van der Waals surface area contributed by atoms with Crippen LogP contribution >= 0.6 is 0 Å². The number of rotatable bonds is 6. The van der Waals surface area contributed by atoms with Crippen molar-refractivity contribution in [2.45, 2.75) is 18.9 Å². The summed E-state index contributed by atoms with van der Waals surface area (Å²) in [5.41, 5.74) is 0.275. The smallest absolute Gasteiger partial charge is 0.335 e. The van der Waals surface area contributed by atoms with Gasteiger partial charge in [-0.15, -0.1) is 0 Å². The molecule has 0 saturated carbocycles. The maximum Gasteiger partial charge on any atom is 0.335 e. The first-order valence-corrected chi connectivity index (χ1v) is 6.10. The van der Waals surface area contributed by atoms with E-state index in [1.807, 2.05) is 0 Å². The third kappa shape index (κ3) is 3.60. The summed E-state index contributed by atoms with van der Waals surface area (Å²) in [5.74, 6) is -0.219. The van der Waals surface area contributed by atoms with Crippen molar-refractivity contribution in [3.05, 3.63) is 42.0 Å². The van der Waals surface area contributed by atoms with Crippen LogP contribution < -0.4 is 10.1 Å². The Bertz CT molecular complexity index is 417. The number of hydrogen-bond donors (Lipinski definition) is 2. The predicted molar refractivity (Wildman–Crippen MR) is 69.1 cm³/mol. The Kier molecular flexibility index (Phi) is 4.36. The normalized spacial score (nSPS) is 14.9. The number of hydrogen-bond acceptors (Lipinski definition) is 3. The third-order valence-electron chi connectivity index (χ3n) is 2.91. The molecule has 2 N–H and O–H groups in total. The summed E-state index contributed by atoms with van der Waals surface area (Å²) in [6, 6.07) is 7.00. The minimum absolute atomic E-state index is 0.275. The van der Waals surface area contributed by atoms with Gasteiger partial charge in [-0.3, -0.25) is 0 Å². The van der Waals surface area contributed by atoms with Crippen molar-refractivity contribution in [3.8, 4) is 5.75 Å². The minimum atomic E-state index is -0.919. The van der Waals surface area contributed by atoms with E-state index in [2.05, 4.69) is 17.5 Å². The molecule has 1 aliphatic rings. The summed E-state index contributed by atoms with van der Waals surface area (Å²) in [6.07, 6.45) is 6.55. The second-order valence-corrected chi connectivity index (χ2v) is 4.27. The van der Waals surface area contributed by atoms with Crippen LogP contribution in [-0.2, 0) is 0 Å². The highest BCUT2D eigenvalue weighted by Crippen LogP contribution is 2.12. The van der Waals surface area contributed by atoms with Crippen LogP contribution in [0.5, 0.6) is 5.75 Å². The molecular weight excluding hydrogens is 230 g/mol. The molecule has 96 valence electrons. The average Bonchev–Trinajstić information content (AvgIpc) is 2.88. The molecule has 1 aromatic carbocycles. The van der Waals surface area contributed by atoms with Gasteiger partial charge in [0.05, 0.1) is 5.56 Å². The standard InChI is InChI=1S/C14H17NO3/c16-14(17)11-5-7-13(8-6-11)18-10-9-15-12-3-1-2-4-12/h1-2,5-8,12,15H,3-4,9-10H2,(H,16,17). The fourth-order valence-corrected chi connectivity index (χ4v) is 1.91. The van der Waals surface area contributed by atoms with E-state index in [4.69, 9.17) is 9.84 Å². The van der Waals surface area contributed by atoms with E-state index in [1.54, 1.807) is 24.3 Å². The summed E-state index contributed by atoms with van der Waals surface area (Å²) < 4.78 is 5.52. The fraction of sp³-hybridized carbons (Fsp3) is 0.357. The Balaban J connectivity index is 1.68. The lowest BCUT2D eigenvalue weighted by atomic mass is 10.2. The molecule has 0 atom stereocenters. The lowest BCUT2D eigenvalue weighted by Gasteiger charge is -2.12. The van der Waals surface area contributed by atoms with E-state index in [1.165, 1.54) is 0 Å². The summed E-state index contributed by atoms with van der Waals surface area (Å²) in [5, 5.41) is 12.2. The fourth-order valence-electron chi connectivity index (χ4n) is 1.91. The number of benzene rings is 1. The molecule has 0 unspecified atom stereocenters. The quantitative estimate of drug-likeness (QED) is 0.597. The van der Waals surface area contributed by atoms with Crippen molar-refractivity contribution < 1.29 is 14.6 Å². The molecule has 2 rings (SSSR count). The highest BCUT2D eigenvalue weighted by molar-refractivity contribution is 5.87. The molecule has 0 radical (unpaired) electrons. The molecule has 0 heterocycles. The molecule has 1 aromatic rings. The van der Waals surface area contributed by atoms with Crippen LogP contribution in [0.15, 0.2) is 36.4 Å². The van der Waals surface area contributed by atoms with Gasteiger partial charge in [0, 0.05) is 12.6 Å². The van der Waals surface area contributed by atoms with Crippen LogP contribution in [0.2, 0.25) is 0 Å². The lowest BCUT2D eigenvalue weighted by Crippen LogP contribution is -2.30. The number of carboxylic acids is 1. The first-order chi connectivity index (χ1) is 8.75. The van der Waals surface area contributed by atoms with E-state index in [-0.39, 0.29) is 5.56 Å². The molecule has 1 aliphatic carbocycles. The molecule has 0 aromatic heterocycles. The molecule has 4 nitrogen and oxygen atoms in total. The van der Waals surface area contributed by atoms with Crippen LogP contribution in [0.25, 0.3) is 0 Å². The number of carbonyl (C=O) groups is 1. The third-order valence-corrected chi connectivity index (χ3v) is 2.91. The SMILES string of the molecule is O=C(O)c1ccc(OCCNC2CC=CC2)cc1. The summed E-state index contributed by atoms with van der Waals surface area (Å²) in [4.78, 5) is 10.7. The number of aromatic carboxylic acids is 1. The molecule has 0 saturated heterocycles. The van der Waals surface area contributed by atoms with E-state index < -0.39 is 5.97 Å². The molecule has 0 amide bonds. The Labute approximate surface area is 106 Å². The molecule has 0 aliphatic heterocycles. The van der Waals surface area contributed by atoms with E-state index in [9.17, 15) is 4.79 Å². The Morgan fingerprint density at radius 3 is 2.56 bits per heavy atom. The van der Waals surface area contributed by atoms with Crippen LogP contribution in [-0.4, -0.2) is 30.3 Å². The summed E-state index contributed by atoms with van der Waals surface area (Å²) >= 11 is 0. The molecule has 18 heavy (non-hydrogen) atoms. The van der Waals surface area contributed by atoms with Gasteiger partial charge in [0.2, 0.25) is 0 Å². The van der Waals surface area contributed by atoms with Gasteiger partial charge in [-0.1, -0.05) is 12.2 Å². The van der Waals surface area contributed by atoms with Gasteiger partial charge >= 0.3 is 5.97 Å². The van der Waals surface area contributed by atoms with Gasteiger partial charge in [-0.05, 0) is 37.1 Å². The van der Waals surface area contributed by atoms with Crippen LogP contribution in [0.4, 0.5) is 0 Å². The largest absolute Gasteiger partial charge is 0.492 e. The van der Waals surface area contributed by atoms with Crippen LogP contribution in [0.3, 0.4) is 0 Å². The number of carboxylic acid groups (broad SMARTS) is 1. The van der Waals surface area contributed by atoms with Gasteiger partial charge < -0.3 is 15.2 Å². The Morgan fingerprint density at radius 1 is 1.28 bits per heavy atom. The zero-order valence-electron chi connectivity index (χ0n) is 10.1. The Hall–Kier alpha value is -1.81. The first kappa shape index (κ1) is 12.6. The van der Waals surface area contributed by atoms with E-state index in [0.29, 0.717) is 18.4 Å². The average molecular weight is 247 g/mol. The monoisotopic (exact) mass is 247 g/mol. The van der Waals surface area contributed by atoms with Crippen molar-refractivity contribution in [1.29, 1.82) is 0 Å². The summed E-state index contributed by atoms with van der Waals surface area (Å²) in [6.45, 7) is 1.38. The van der Waals surface area contributed by atoms with Gasteiger partial charge in [-0.25, -0.2) is 4.79 Å². The zero-order chi connectivity index (χ0) is 12.8. The molecule has 0 spiro atoms. The first-order valence-electron chi connectivity index (χ1n) is 6.10. The zero-order valence-corrected chi connectivity index (χ0v) is 10.1. The molecule has 0 bridgehead atoms. The maximum atomic E-state index is 10.7. The van der Waals surface area contributed by atoms with Gasteiger partial charge in [-0.2, -0.15) is 0 Å². The second-order valence-electron chi connectivity index (χ2n) is 4.27. The van der Waals surface area contributed by atoms with Crippen molar-refractivity contribution in [2.24, 2.45) is 0 Å². The predicted octanol–water partition coefficient (Wildman–Crippen LogP) is 2.07. The van der Waals surface area contributed by atoms with Gasteiger partial charge in [0.25, 0.3) is 0 Å². The minimum Gasteiger partial charge on any atom is -0.492 e. The molecule has 0 fully saturated rings. The van der Waals surface area contributed by atoms with Crippen molar-refractivity contribution in [2.75, 3.05) is 13.2 Å².